The van der Waals surface area contributed by atoms with Gasteiger partial charge in [-0.15, -0.1) is 0 Å². The van der Waals surface area contributed by atoms with Crippen LogP contribution in [0, 0.1) is 0 Å². The van der Waals surface area contributed by atoms with Crippen LogP contribution >= 0.6 is 0 Å². The normalized spacial score (nSPS) is 19.4. The topological polar surface area (TPSA) is 184 Å². The summed E-state index contributed by atoms with van der Waals surface area (Å²) in [5.74, 6) is 0. The maximum atomic E-state index is 9.89. The molecular weight excluding hydrogens is 1420 g/mol. The molecule has 0 aromatic carbocycles. The van der Waals surface area contributed by atoms with E-state index in [1.165, 1.54) is 501 Å². The number of hydrogen-bond acceptors (Lipinski definition) is 8. The fourth-order valence-electron chi connectivity index (χ4n) is 17.9. The Hall–Kier alpha value is -0.660. The van der Waals surface area contributed by atoms with Crippen LogP contribution in [0.3, 0.4) is 0 Å². The molecule has 8 rings (SSSR count). The van der Waals surface area contributed by atoms with E-state index in [0.717, 1.165) is 0 Å². The van der Waals surface area contributed by atoms with E-state index in [1.54, 1.807) is 0 Å². The summed E-state index contributed by atoms with van der Waals surface area (Å²) in [4.78, 5) is 0. The van der Waals surface area contributed by atoms with Crippen LogP contribution in [0.5, 0.6) is 0 Å². The third kappa shape index (κ3) is 79.1. The molecule has 0 aliphatic carbocycles. The van der Waals surface area contributed by atoms with Gasteiger partial charge in [-0.2, -0.15) is 0 Å². The Balaban J connectivity index is -0.000000578. The van der Waals surface area contributed by atoms with Crippen molar-refractivity contribution in [2.75, 3.05) is 213 Å². The van der Waals surface area contributed by atoms with Gasteiger partial charge in [0, 0.05) is 103 Å². The first kappa shape index (κ1) is 118. The van der Waals surface area contributed by atoms with E-state index in [4.69, 9.17) is 40.2 Å². The molecule has 0 atom stereocenters. The number of likely N-dealkylation sites (tertiary alicyclic amines) is 8. The predicted molar refractivity (Wildman–Crippen MR) is 461 cm³/mol. The van der Waals surface area contributed by atoms with E-state index in [1.807, 2.05) is 0 Å². The number of halogens is 4. The van der Waals surface area contributed by atoms with Crippen LogP contribution in [0.2, 0.25) is 0 Å². The monoisotopic (exact) mass is 1610 g/mol. The molecule has 0 amide bonds. The summed E-state index contributed by atoms with van der Waals surface area (Å²) < 4.78 is 50.5. The number of unbranched alkanes of at least 4 members (excludes halogenated alkanes) is 24. The van der Waals surface area contributed by atoms with Crippen molar-refractivity contribution in [3.63, 3.8) is 0 Å². The minimum atomic E-state index is -3.17. The molecule has 0 spiro atoms. The Morgan fingerprint density at radius 3 is 0.295 bits per heavy atom. The van der Waals surface area contributed by atoms with Gasteiger partial charge in [-0.25, -0.2) is 0 Å². The van der Waals surface area contributed by atoms with Gasteiger partial charge >= 0.3 is 0 Å². The van der Waals surface area contributed by atoms with Gasteiger partial charge < -0.3 is 93.3 Å². The summed E-state index contributed by atoms with van der Waals surface area (Å²) in [6.07, 6.45) is 68.9. The largest absolute Gasteiger partial charge is 0.867 e. The molecule has 8 aliphatic heterocycles. The average molecular weight is 1610 g/mol. The first-order valence-corrected chi connectivity index (χ1v) is 47.6. The number of hydrogen-bond donors (Lipinski definition) is 0. The molecule has 0 bridgehead atoms. The van der Waals surface area contributed by atoms with E-state index in [-0.39, 0.29) is 0 Å². The lowest BCUT2D eigenvalue weighted by Gasteiger charge is -2.29. The van der Waals surface area contributed by atoms with Gasteiger partial charge in [0.2, 0.25) is 0 Å². The molecule has 24 heteroatoms. The van der Waals surface area contributed by atoms with Crippen LogP contribution in [0.15, 0.2) is 0 Å². The van der Waals surface area contributed by atoms with Crippen LogP contribution in [0.1, 0.15) is 364 Å². The Kier molecular flexibility index (Phi) is 80.3. The van der Waals surface area contributed by atoms with Crippen LogP contribution in [0.25, 0.3) is 0 Å². The number of nitrogens with zero attached hydrogens (tertiary/aromatic N) is 8. The van der Waals surface area contributed by atoms with Gasteiger partial charge in [0.25, 0.3) is 0 Å². The van der Waals surface area contributed by atoms with Gasteiger partial charge in [-0.05, 0) is 103 Å². The molecule has 672 valence electrons. The highest BCUT2D eigenvalue weighted by Crippen LogP contribution is 2.24. The molecule has 16 nitrogen and oxygen atoms in total. The van der Waals surface area contributed by atoms with Crippen molar-refractivity contribution in [3.05, 3.63) is 0 Å². The zero-order valence-corrected chi connectivity index (χ0v) is 77.6. The third-order valence-corrected chi connectivity index (χ3v) is 25.6. The van der Waals surface area contributed by atoms with Gasteiger partial charge in [0.1, 0.15) is 29.6 Å². The van der Waals surface area contributed by atoms with E-state index >= 15 is 0 Å². The summed E-state index contributed by atoms with van der Waals surface area (Å²) >= 11 is 0. The standard InChI is InChI=1S/8C11H24N.4BFO2/c8*1-3-4-5-6-9-12(2)10-7-8-11-12;4*2-1(3)4/h8*3-11H2,1-2H3;;;;/q8*+1;4*-2. The molecule has 0 radical (unpaired) electrons. The molecule has 8 heterocycles. The van der Waals surface area contributed by atoms with Crippen molar-refractivity contribution < 1.29 is 93.3 Å². The van der Waals surface area contributed by atoms with Crippen LogP contribution < -0.4 is 40.2 Å². The van der Waals surface area contributed by atoms with Crippen LogP contribution in [-0.2, 0) is 0 Å². The van der Waals surface area contributed by atoms with Crippen molar-refractivity contribution in [2.45, 2.75) is 364 Å². The van der Waals surface area contributed by atoms with Crippen molar-refractivity contribution in [1.29, 1.82) is 0 Å². The molecule has 0 N–H and O–H groups in total. The predicted octanol–water partition coefficient (Wildman–Crippen LogP) is 13.1. The van der Waals surface area contributed by atoms with Gasteiger partial charge in [-0.1, -0.05) is 158 Å². The second-order valence-corrected chi connectivity index (χ2v) is 37.6. The van der Waals surface area contributed by atoms with Crippen molar-refractivity contribution >= 4 is 29.6 Å². The Labute approximate surface area is 696 Å². The molecule has 0 aromatic heterocycles. The second kappa shape index (κ2) is 76.5. The minimum absolute atomic E-state index is 1.36. The minimum Gasteiger partial charge on any atom is -0.867 e. The van der Waals surface area contributed by atoms with E-state index < -0.39 is 29.6 Å². The fraction of sp³-hybridized carbons (Fsp3) is 1.00. The molecule has 112 heavy (non-hydrogen) atoms. The number of rotatable bonds is 40. The highest BCUT2D eigenvalue weighted by atomic mass is 19.1. The quantitative estimate of drug-likeness (QED) is 0.0251. The lowest BCUT2D eigenvalue weighted by molar-refractivity contribution is -0.897. The summed E-state index contributed by atoms with van der Waals surface area (Å²) in [6.45, 7) is 52.7. The van der Waals surface area contributed by atoms with E-state index in [9.17, 15) is 17.3 Å². The van der Waals surface area contributed by atoms with Gasteiger partial charge in [0.05, 0.1) is 213 Å². The maximum absolute atomic E-state index is 9.89. The zero-order chi connectivity index (χ0) is 85.2. The van der Waals surface area contributed by atoms with Gasteiger partial charge in [0.15, 0.2) is 0 Å². The lowest BCUT2D eigenvalue weighted by atomic mass is 10.2. The molecule has 8 aliphatic rings. The Morgan fingerprint density at radius 1 is 0.161 bits per heavy atom. The molecule has 8 fully saturated rings. The van der Waals surface area contributed by atoms with Crippen molar-refractivity contribution in [2.24, 2.45) is 0 Å². The highest BCUT2D eigenvalue weighted by molar-refractivity contribution is 6.27. The first-order valence-electron chi connectivity index (χ1n) is 47.6. The first-order chi connectivity index (χ1) is 53.1. The Bertz CT molecular complexity index is 1520. The summed E-state index contributed by atoms with van der Waals surface area (Å²) in [7, 11) is 6.77. The Morgan fingerprint density at radius 2 is 0.232 bits per heavy atom. The highest BCUT2D eigenvalue weighted by Gasteiger charge is 2.31. The zero-order valence-electron chi connectivity index (χ0n) is 77.6. The second-order valence-electron chi connectivity index (χ2n) is 37.6. The van der Waals surface area contributed by atoms with E-state index in [2.05, 4.69) is 112 Å². The molecule has 8 saturated heterocycles. The average Bonchev–Trinajstić information content (AvgIpc) is 1.82. The lowest BCUT2D eigenvalue weighted by Crippen LogP contribution is -2.41. The molecular formula is C88H192B4F4N8O8. The van der Waals surface area contributed by atoms with Crippen molar-refractivity contribution in [3.8, 4) is 0 Å². The number of quaternary nitrogens is 8. The SMILES string of the molecule is CCCCCC[N+]1(C)CCCC1.CCCCCC[N+]1(C)CCCC1.CCCCCC[N+]1(C)CCCC1.CCCCCC[N+]1(C)CCCC1.CCCCCC[N+]1(C)CCCC1.CCCCCC[N+]1(C)CCCC1.CCCCCC[N+]1(C)CCCC1.CCCCCC[N+]1(C)CCCC1.[O-]B([O-])F.[O-]B([O-])F.[O-]B([O-])F.[O-]B([O-])F. The van der Waals surface area contributed by atoms with Crippen molar-refractivity contribution in [1.82, 2.24) is 0 Å². The van der Waals surface area contributed by atoms with Gasteiger partial charge in [-0.3, -0.25) is 0 Å². The summed E-state index contributed by atoms with van der Waals surface area (Å²) in [5, 5.41) is 66.4. The van der Waals surface area contributed by atoms with Crippen LogP contribution in [0.4, 0.5) is 17.3 Å². The summed E-state index contributed by atoms with van der Waals surface area (Å²) in [6, 6.07) is 0. The maximum Gasteiger partial charge on any atom is 0.121 e. The van der Waals surface area contributed by atoms with E-state index in [0.29, 0.717) is 0 Å². The molecule has 0 aromatic rings. The van der Waals surface area contributed by atoms with Crippen LogP contribution in [-0.4, -0.2) is 279 Å². The molecule has 0 unspecified atom stereocenters. The fourth-order valence-corrected chi connectivity index (χ4v) is 17.9. The molecule has 0 saturated carbocycles. The third-order valence-electron chi connectivity index (χ3n) is 25.6. The summed E-state index contributed by atoms with van der Waals surface area (Å²) in [5.41, 5.74) is 0. The smallest absolute Gasteiger partial charge is 0.121 e.